The quantitative estimate of drug-likeness (QED) is 0.382. The molecule has 0 aliphatic rings. The Morgan fingerprint density at radius 2 is 1.94 bits per heavy atom. The number of Topliss-reactive ketones (excluding diaryl/α,β-unsaturated/α-hetero) is 1. The number of carbonyl (C=O) groups excluding carboxylic acids is 2. The molecule has 0 aromatic heterocycles. The number of ether oxygens (including phenoxy) is 1. The van der Waals surface area contributed by atoms with E-state index < -0.39 is 17.6 Å². The van der Waals surface area contributed by atoms with Crippen molar-refractivity contribution >= 4 is 17.4 Å². The molecule has 1 aromatic rings. The van der Waals surface area contributed by atoms with Crippen molar-refractivity contribution in [3.8, 4) is 0 Å². The van der Waals surface area contributed by atoms with E-state index in [1.807, 2.05) is 0 Å². The summed E-state index contributed by atoms with van der Waals surface area (Å²) < 4.78 is 18.3. The summed E-state index contributed by atoms with van der Waals surface area (Å²) >= 11 is 0. The van der Waals surface area contributed by atoms with Crippen LogP contribution < -0.4 is 5.73 Å². The molecule has 0 unspecified atom stereocenters. The van der Waals surface area contributed by atoms with Gasteiger partial charge in [0, 0.05) is 5.56 Å². The highest BCUT2D eigenvalue weighted by molar-refractivity contribution is 6.21. The molecule has 2 N–H and O–H groups in total. The molecular formula is C13H14FNO3. The van der Waals surface area contributed by atoms with Crippen LogP contribution in [0.4, 0.5) is 4.39 Å². The molecule has 1 aromatic carbocycles. The molecule has 4 nitrogen and oxygen atoms in total. The minimum absolute atomic E-state index is 0.00996. The van der Waals surface area contributed by atoms with Gasteiger partial charge in [-0.3, -0.25) is 4.79 Å². The minimum atomic E-state index is -0.842. The molecule has 0 bridgehead atoms. The Labute approximate surface area is 104 Å². The van der Waals surface area contributed by atoms with Crippen LogP contribution in [0.5, 0.6) is 0 Å². The zero-order valence-corrected chi connectivity index (χ0v) is 10.2. The van der Waals surface area contributed by atoms with Crippen LogP contribution in [0.25, 0.3) is 5.70 Å². The Hall–Kier alpha value is -2.17. The third-order valence-corrected chi connectivity index (χ3v) is 2.26. The lowest BCUT2D eigenvalue weighted by Gasteiger charge is -2.09. The lowest BCUT2D eigenvalue weighted by molar-refractivity contribution is -0.139. The maximum Gasteiger partial charge on any atom is 0.343 e. The molecule has 0 heterocycles. The molecule has 0 saturated heterocycles. The largest absolute Gasteiger partial charge is 0.462 e. The summed E-state index contributed by atoms with van der Waals surface area (Å²) in [6, 6.07) is 5.65. The molecule has 0 saturated carbocycles. The van der Waals surface area contributed by atoms with E-state index in [-0.39, 0.29) is 23.4 Å². The smallest absolute Gasteiger partial charge is 0.343 e. The number of esters is 1. The molecule has 0 fully saturated rings. The Morgan fingerprint density at radius 3 is 2.44 bits per heavy atom. The van der Waals surface area contributed by atoms with Gasteiger partial charge in [-0.1, -0.05) is 12.1 Å². The number of rotatable bonds is 4. The van der Waals surface area contributed by atoms with E-state index >= 15 is 0 Å². The Kier molecular flexibility index (Phi) is 4.59. The van der Waals surface area contributed by atoms with Crippen molar-refractivity contribution < 1.29 is 18.7 Å². The summed E-state index contributed by atoms with van der Waals surface area (Å²) in [7, 11) is 0. The first-order valence-corrected chi connectivity index (χ1v) is 5.41. The van der Waals surface area contributed by atoms with Gasteiger partial charge < -0.3 is 10.5 Å². The van der Waals surface area contributed by atoms with E-state index in [2.05, 4.69) is 0 Å². The Balaban J connectivity index is 3.33. The summed E-state index contributed by atoms with van der Waals surface area (Å²) in [4.78, 5) is 23.0. The minimum Gasteiger partial charge on any atom is -0.462 e. The fourth-order valence-electron chi connectivity index (χ4n) is 1.46. The summed E-state index contributed by atoms with van der Waals surface area (Å²) in [5, 5.41) is 0. The molecule has 0 aliphatic carbocycles. The first-order valence-electron chi connectivity index (χ1n) is 5.41. The maximum absolute atomic E-state index is 13.5. The molecule has 0 atom stereocenters. The van der Waals surface area contributed by atoms with Crippen LogP contribution in [0, 0.1) is 5.82 Å². The van der Waals surface area contributed by atoms with Crippen molar-refractivity contribution in [2.24, 2.45) is 5.73 Å². The van der Waals surface area contributed by atoms with E-state index in [4.69, 9.17) is 10.5 Å². The van der Waals surface area contributed by atoms with Gasteiger partial charge in [0.2, 0.25) is 0 Å². The second-order valence-electron chi connectivity index (χ2n) is 3.55. The molecule has 0 spiro atoms. The second kappa shape index (κ2) is 5.95. The summed E-state index contributed by atoms with van der Waals surface area (Å²) in [5.74, 6) is -2.00. The molecule has 0 aliphatic heterocycles. The molecule has 0 amide bonds. The maximum atomic E-state index is 13.5. The van der Waals surface area contributed by atoms with E-state index in [1.54, 1.807) is 13.0 Å². The fourth-order valence-corrected chi connectivity index (χ4v) is 1.46. The van der Waals surface area contributed by atoms with Crippen molar-refractivity contribution in [3.05, 3.63) is 41.2 Å². The van der Waals surface area contributed by atoms with Crippen LogP contribution >= 0.6 is 0 Å². The predicted molar refractivity (Wildman–Crippen MR) is 64.8 cm³/mol. The van der Waals surface area contributed by atoms with Gasteiger partial charge in [0.05, 0.1) is 12.3 Å². The van der Waals surface area contributed by atoms with Gasteiger partial charge in [0.25, 0.3) is 0 Å². The number of hydrogen-bond acceptors (Lipinski definition) is 4. The lowest BCUT2D eigenvalue weighted by atomic mass is 10.0. The van der Waals surface area contributed by atoms with Crippen LogP contribution in [0.1, 0.15) is 19.4 Å². The highest BCUT2D eigenvalue weighted by atomic mass is 19.1. The van der Waals surface area contributed by atoms with E-state index in [0.717, 1.165) is 0 Å². The number of halogens is 1. The van der Waals surface area contributed by atoms with Gasteiger partial charge in [-0.15, -0.1) is 0 Å². The van der Waals surface area contributed by atoms with Gasteiger partial charge in [-0.2, -0.15) is 0 Å². The SMILES string of the molecule is CCOC(=O)/C(C(C)=O)=C(/N)c1ccccc1F. The van der Waals surface area contributed by atoms with E-state index in [1.165, 1.54) is 25.1 Å². The van der Waals surface area contributed by atoms with Gasteiger partial charge >= 0.3 is 5.97 Å². The van der Waals surface area contributed by atoms with Crippen molar-refractivity contribution in [3.63, 3.8) is 0 Å². The summed E-state index contributed by atoms with van der Waals surface area (Å²) in [6.07, 6.45) is 0. The third kappa shape index (κ3) is 2.94. The van der Waals surface area contributed by atoms with Crippen LogP contribution in [-0.2, 0) is 14.3 Å². The Bertz CT molecular complexity index is 509. The number of ketones is 1. The highest BCUT2D eigenvalue weighted by Crippen LogP contribution is 2.18. The molecular weight excluding hydrogens is 237 g/mol. The van der Waals surface area contributed by atoms with Gasteiger partial charge in [-0.05, 0) is 26.0 Å². The normalized spacial score (nSPS) is 11.7. The average Bonchev–Trinajstić information content (AvgIpc) is 2.29. The van der Waals surface area contributed by atoms with Crippen molar-refractivity contribution in [1.29, 1.82) is 0 Å². The average molecular weight is 251 g/mol. The summed E-state index contributed by atoms with van der Waals surface area (Å²) in [5.41, 5.74) is 5.16. The van der Waals surface area contributed by atoms with Crippen LogP contribution in [0.15, 0.2) is 29.8 Å². The first kappa shape index (κ1) is 13.9. The van der Waals surface area contributed by atoms with E-state index in [9.17, 15) is 14.0 Å². The number of nitrogens with two attached hydrogens (primary N) is 1. The molecule has 0 radical (unpaired) electrons. The highest BCUT2D eigenvalue weighted by Gasteiger charge is 2.22. The molecule has 18 heavy (non-hydrogen) atoms. The monoisotopic (exact) mass is 251 g/mol. The number of carbonyl (C=O) groups is 2. The van der Waals surface area contributed by atoms with Crippen molar-refractivity contribution in [2.75, 3.05) is 6.61 Å². The number of hydrogen-bond donors (Lipinski definition) is 1. The Morgan fingerprint density at radius 1 is 1.33 bits per heavy atom. The van der Waals surface area contributed by atoms with Crippen LogP contribution in [0.3, 0.4) is 0 Å². The second-order valence-corrected chi connectivity index (χ2v) is 3.55. The lowest BCUT2D eigenvalue weighted by Crippen LogP contribution is -2.19. The van der Waals surface area contributed by atoms with E-state index in [0.29, 0.717) is 0 Å². The van der Waals surface area contributed by atoms with Crippen LogP contribution in [0.2, 0.25) is 0 Å². The van der Waals surface area contributed by atoms with Crippen LogP contribution in [-0.4, -0.2) is 18.4 Å². The van der Waals surface area contributed by atoms with Crippen molar-refractivity contribution in [1.82, 2.24) is 0 Å². The molecule has 5 heteroatoms. The molecule has 1 rings (SSSR count). The first-order chi connectivity index (χ1) is 8.49. The topological polar surface area (TPSA) is 69.4 Å². The molecule has 96 valence electrons. The van der Waals surface area contributed by atoms with Gasteiger partial charge in [0.1, 0.15) is 11.4 Å². The third-order valence-electron chi connectivity index (χ3n) is 2.26. The number of benzene rings is 1. The predicted octanol–water partition coefficient (Wildman–Crippen LogP) is 1.65. The standard InChI is InChI=1S/C13H14FNO3/c1-3-18-13(17)11(8(2)16)12(15)9-6-4-5-7-10(9)14/h4-7H,3,15H2,1-2H3/b12-11+. The summed E-state index contributed by atoms with van der Waals surface area (Å²) in [6.45, 7) is 2.90. The zero-order valence-electron chi connectivity index (χ0n) is 10.2. The van der Waals surface area contributed by atoms with Gasteiger partial charge in [-0.25, -0.2) is 9.18 Å². The van der Waals surface area contributed by atoms with Crippen molar-refractivity contribution in [2.45, 2.75) is 13.8 Å². The van der Waals surface area contributed by atoms with Gasteiger partial charge in [0.15, 0.2) is 5.78 Å². The fraction of sp³-hybridized carbons (Fsp3) is 0.231. The zero-order chi connectivity index (χ0) is 13.7.